The van der Waals surface area contributed by atoms with Gasteiger partial charge >= 0.3 is 6.18 Å². The lowest BCUT2D eigenvalue weighted by Crippen LogP contribution is -2.54. The fraction of sp³-hybridized carbons (Fsp3) is 0.562. The Hall–Kier alpha value is -1.60. The maximum absolute atomic E-state index is 12.2. The smallest absolute Gasteiger partial charge is 0.370 e. The van der Waals surface area contributed by atoms with Crippen LogP contribution in [0.3, 0.4) is 0 Å². The minimum Gasteiger partial charge on any atom is -0.370 e. The third kappa shape index (κ3) is 4.94. The van der Waals surface area contributed by atoms with Crippen molar-refractivity contribution in [2.75, 3.05) is 19.7 Å². The molecule has 1 saturated heterocycles. The van der Waals surface area contributed by atoms with Crippen LogP contribution in [0.1, 0.15) is 25.5 Å². The summed E-state index contributed by atoms with van der Waals surface area (Å²) in [4.78, 5) is 13.7. The molecule has 0 radical (unpaired) electrons. The van der Waals surface area contributed by atoms with E-state index in [1.807, 2.05) is 54.4 Å². The molecule has 2 rings (SSSR count). The first-order valence-electron chi connectivity index (χ1n) is 7.53. The molecule has 1 aromatic rings. The summed E-state index contributed by atoms with van der Waals surface area (Å²) in [6.07, 6.45) is -4.60. The largest absolute Gasteiger partial charge is 0.405 e. The molecular formula is C16H21F3N2O2. The zero-order valence-corrected chi connectivity index (χ0v) is 13.1. The molecule has 1 aliphatic heterocycles. The second kappa shape index (κ2) is 7.31. The number of nitrogens with zero attached hydrogens (tertiary/aromatic N) is 1. The van der Waals surface area contributed by atoms with Crippen LogP contribution in [0, 0.1) is 0 Å². The van der Waals surface area contributed by atoms with Crippen LogP contribution in [0.2, 0.25) is 0 Å². The highest BCUT2D eigenvalue weighted by molar-refractivity contribution is 5.78. The van der Waals surface area contributed by atoms with E-state index in [1.165, 1.54) is 0 Å². The van der Waals surface area contributed by atoms with Crippen LogP contribution in [0.5, 0.6) is 0 Å². The van der Waals surface area contributed by atoms with Gasteiger partial charge < -0.3 is 10.1 Å². The average molecular weight is 330 g/mol. The summed E-state index contributed by atoms with van der Waals surface area (Å²) in [6.45, 7) is 2.86. The number of morpholine rings is 1. The van der Waals surface area contributed by atoms with Gasteiger partial charge in [0, 0.05) is 12.1 Å². The highest BCUT2D eigenvalue weighted by Crippen LogP contribution is 2.30. The van der Waals surface area contributed by atoms with Crippen molar-refractivity contribution in [3.8, 4) is 0 Å². The van der Waals surface area contributed by atoms with E-state index < -0.39 is 18.6 Å². The Balaban J connectivity index is 2.00. The van der Waals surface area contributed by atoms with Crippen molar-refractivity contribution in [3.63, 3.8) is 0 Å². The number of hydrogen-bond donors (Lipinski definition) is 1. The van der Waals surface area contributed by atoms with Crippen molar-refractivity contribution in [1.29, 1.82) is 0 Å². The van der Waals surface area contributed by atoms with Crippen molar-refractivity contribution >= 4 is 5.91 Å². The number of hydrogen-bond acceptors (Lipinski definition) is 3. The van der Waals surface area contributed by atoms with Gasteiger partial charge in [-0.05, 0) is 19.4 Å². The van der Waals surface area contributed by atoms with Gasteiger partial charge in [-0.1, -0.05) is 30.3 Å². The second-order valence-electron chi connectivity index (χ2n) is 5.82. The predicted octanol–water partition coefficient (Wildman–Crippen LogP) is 2.52. The normalized spacial score (nSPS) is 26.0. The molecule has 128 valence electrons. The Morgan fingerprint density at radius 1 is 1.30 bits per heavy atom. The van der Waals surface area contributed by atoms with Gasteiger partial charge in [-0.25, -0.2) is 0 Å². The van der Waals surface area contributed by atoms with Gasteiger partial charge in [-0.2, -0.15) is 13.2 Å². The summed E-state index contributed by atoms with van der Waals surface area (Å²) in [5.74, 6) is -0.630. The Bertz CT molecular complexity index is 522. The Labute approximate surface area is 133 Å². The summed E-state index contributed by atoms with van der Waals surface area (Å²) >= 11 is 0. The number of rotatable bonds is 4. The van der Waals surface area contributed by atoms with Crippen LogP contribution >= 0.6 is 0 Å². The molecule has 3 atom stereocenters. The molecule has 23 heavy (non-hydrogen) atoms. The third-order valence-corrected chi connectivity index (χ3v) is 3.98. The molecule has 0 aromatic heterocycles. The Kier molecular flexibility index (Phi) is 5.64. The first kappa shape index (κ1) is 17.7. The molecule has 1 amide bonds. The Morgan fingerprint density at radius 3 is 2.57 bits per heavy atom. The molecule has 4 nitrogen and oxygen atoms in total. The molecule has 1 fully saturated rings. The molecule has 0 unspecified atom stereocenters. The first-order valence-corrected chi connectivity index (χ1v) is 7.53. The SMILES string of the molecule is C[C@@H]1CO[C@@H](c2ccccc2)[C@@H](C)N1CC(=O)NCC(F)(F)F. The van der Waals surface area contributed by atoms with Crippen LogP contribution in [0.4, 0.5) is 13.2 Å². The van der Waals surface area contributed by atoms with E-state index >= 15 is 0 Å². The van der Waals surface area contributed by atoms with Gasteiger partial charge in [0.15, 0.2) is 0 Å². The number of halogens is 3. The molecule has 1 heterocycles. The van der Waals surface area contributed by atoms with Gasteiger partial charge in [0.2, 0.25) is 5.91 Å². The van der Waals surface area contributed by atoms with Crippen LogP contribution in [-0.2, 0) is 9.53 Å². The standard InChI is InChI=1S/C16H21F3N2O2/c1-11-9-23-15(13-6-4-3-5-7-13)12(2)21(11)8-14(22)20-10-16(17,18)19/h3-7,11-12,15H,8-10H2,1-2H3,(H,20,22)/t11-,12-,15-/m1/s1. The van der Waals surface area contributed by atoms with Crippen molar-refractivity contribution in [2.24, 2.45) is 0 Å². The van der Waals surface area contributed by atoms with E-state index in [2.05, 4.69) is 0 Å². The van der Waals surface area contributed by atoms with E-state index in [4.69, 9.17) is 4.74 Å². The number of amides is 1. The summed E-state index contributed by atoms with van der Waals surface area (Å²) in [5, 5.41) is 1.92. The lowest BCUT2D eigenvalue weighted by atomic mass is 9.98. The van der Waals surface area contributed by atoms with Crippen LogP contribution in [0.25, 0.3) is 0 Å². The fourth-order valence-corrected chi connectivity index (χ4v) is 2.79. The molecule has 1 aromatic carbocycles. The Morgan fingerprint density at radius 2 is 1.96 bits per heavy atom. The lowest BCUT2D eigenvalue weighted by molar-refractivity contribution is -0.143. The van der Waals surface area contributed by atoms with Gasteiger partial charge in [-0.15, -0.1) is 0 Å². The molecule has 0 spiro atoms. The maximum atomic E-state index is 12.2. The number of alkyl halides is 3. The van der Waals surface area contributed by atoms with E-state index in [1.54, 1.807) is 0 Å². The zero-order valence-electron chi connectivity index (χ0n) is 13.1. The van der Waals surface area contributed by atoms with E-state index in [-0.39, 0.29) is 24.7 Å². The van der Waals surface area contributed by atoms with E-state index in [0.717, 1.165) is 5.56 Å². The van der Waals surface area contributed by atoms with E-state index in [0.29, 0.717) is 6.61 Å². The van der Waals surface area contributed by atoms with Gasteiger partial charge in [0.1, 0.15) is 6.54 Å². The summed E-state index contributed by atoms with van der Waals surface area (Å²) in [6, 6.07) is 9.45. The van der Waals surface area contributed by atoms with Crippen molar-refractivity contribution in [3.05, 3.63) is 35.9 Å². The minimum atomic E-state index is -4.40. The predicted molar refractivity (Wildman–Crippen MR) is 79.8 cm³/mol. The highest BCUT2D eigenvalue weighted by atomic mass is 19.4. The number of benzene rings is 1. The maximum Gasteiger partial charge on any atom is 0.405 e. The molecular weight excluding hydrogens is 309 g/mol. The summed E-state index contributed by atoms with van der Waals surface area (Å²) in [5.41, 5.74) is 0.993. The molecule has 7 heteroatoms. The lowest BCUT2D eigenvalue weighted by Gasteiger charge is -2.43. The number of ether oxygens (including phenoxy) is 1. The monoisotopic (exact) mass is 330 g/mol. The molecule has 0 bridgehead atoms. The minimum absolute atomic E-state index is 0.0402. The van der Waals surface area contributed by atoms with Crippen LogP contribution < -0.4 is 5.32 Å². The van der Waals surface area contributed by atoms with E-state index in [9.17, 15) is 18.0 Å². The van der Waals surface area contributed by atoms with Gasteiger partial charge in [0.05, 0.1) is 19.3 Å². The van der Waals surface area contributed by atoms with Crippen LogP contribution in [-0.4, -0.2) is 48.8 Å². The van der Waals surface area contributed by atoms with Gasteiger partial charge in [-0.3, -0.25) is 9.69 Å². The molecule has 1 aliphatic rings. The van der Waals surface area contributed by atoms with Crippen molar-refractivity contribution in [1.82, 2.24) is 10.2 Å². The topological polar surface area (TPSA) is 41.6 Å². The summed E-state index contributed by atoms with van der Waals surface area (Å²) in [7, 11) is 0. The van der Waals surface area contributed by atoms with Crippen LogP contribution in [0.15, 0.2) is 30.3 Å². The van der Waals surface area contributed by atoms with Crippen molar-refractivity contribution in [2.45, 2.75) is 38.2 Å². The average Bonchev–Trinajstić information content (AvgIpc) is 2.49. The fourth-order valence-electron chi connectivity index (χ4n) is 2.79. The number of carbonyl (C=O) groups is 1. The third-order valence-electron chi connectivity index (χ3n) is 3.98. The number of carbonyl (C=O) groups excluding carboxylic acids is 1. The highest BCUT2D eigenvalue weighted by Gasteiger charge is 2.35. The number of nitrogens with one attached hydrogen (secondary N) is 1. The second-order valence-corrected chi connectivity index (χ2v) is 5.82. The van der Waals surface area contributed by atoms with Crippen molar-refractivity contribution < 1.29 is 22.7 Å². The summed E-state index contributed by atoms with van der Waals surface area (Å²) < 4.78 is 42.4. The quantitative estimate of drug-likeness (QED) is 0.922. The van der Waals surface area contributed by atoms with Gasteiger partial charge in [0.25, 0.3) is 0 Å². The molecule has 0 aliphatic carbocycles. The first-order chi connectivity index (χ1) is 10.8. The molecule has 1 N–H and O–H groups in total. The zero-order chi connectivity index (χ0) is 17.0. The molecule has 0 saturated carbocycles.